The maximum Gasteiger partial charge on any atom is 0.293 e. The van der Waals surface area contributed by atoms with Gasteiger partial charge < -0.3 is 5.32 Å². The highest BCUT2D eigenvalue weighted by Crippen LogP contribution is 2.68. The van der Waals surface area contributed by atoms with Crippen LogP contribution in [0.5, 0.6) is 0 Å². The van der Waals surface area contributed by atoms with Crippen LogP contribution in [0, 0.1) is 17.6 Å². The second kappa shape index (κ2) is 14.4. The first-order valence-corrected chi connectivity index (χ1v) is 20.8. The summed E-state index contributed by atoms with van der Waals surface area (Å²) in [4.78, 5) is 38.3. The summed E-state index contributed by atoms with van der Waals surface area (Å²) < 4.78 is 119. The Labute approximate surface area is 346 Å². The summed E-state index contributed by atoms with van der Waals surface area (Å²) in [5, 5.41) is 10.9. The maximum absolute atomic E-state index is 15.5. The number of hydrogen-bond donors (Lipinski definition) is 2. The molecule has 4 aromatic heterocycles. The molecule has 2 aliphatic carbocycles. The largest absolute Gasteiger partial charge is 0.344 e. The SMILES string of the molecule is Cn1nc(NS(C)(=O)=O)c2c(Cl)ccc(-n3c([C@H](Cc4cc(F)cc(F)c4)NC(=O)Cn4nc(C(F)F)c5c4C(F)(F)[C@@H]4C[C@H]54)nc4cc(-c5ccccn5)ccc4c3=O)c21. The molecule has 1 fully saturated rings. The average Bonchev–Trinajstić information content (AvgIpc) is 3.73. The number of pyridine rings is 1. The lowest BCUT2D eigenvalue weighted by Gasteiger charge is -2.24. The van der Waals surface area contributed by atoms with E-state index in [4.69, 9.17) is 16.6 Å². The number of anilines is 1. The van der Waals surface area contributed by atoms with Crippen molar-refractivity contribution in [3.8, 4) is 16.9 Å². The molecule has 7 aromatic rings. The van der Waals surface area contributed by atoms with Crippen molar-refractivity contribution >= 4 is 55.2 Å². The van der Waals surface area contributed by atoms with E-state index in [1.165, 1.54) is 29.9 Å². The standard InChI is InChI=1S/C40H30ClF6N9O4S/c1-54-34-29(9-8-25(41)32(34)37(52-54)53-61(2,59)60)56-38(50-27-14-19(6-7-22(27)39(56)58)26-5-3-4-10-48-26)28(13-18-11-20(42)15-21(43)12-18)49-30(57)17-55-35-31(33(51-55)36(44)45)23-16-24(23)40(35,46)47/h3-12,14-15,23-24,28,36H,13,16-17H2,1-2H3,(H,49,57)(H,52,53)/t23-,24+,28-/m0/s1. The number of aryl methyl sites for hydroxylation is 1. The number of sulfonamides is 1. The third kappa shape index (κ3) is 7.05. The first-order valence-electron chi connectivity index (χ1n) is 18.5. The molecule has 13 nitrogen and oxygen atoms in total. The molecule has 21 heteroatoms. The quantitative estimate of drug-likeness (QED) is 0.131. The van der Waals surface area contributed by atoms with Crippen molar-refractivity contribution in [3.05, 3.63) is 128 Å². The van der Waals surface area contributed by atoms with E-state index >= 15 is 8.78 Å². The number of nitrogens with zero attached hydrogens (tertiary/aromatic N) is 7. The lowest BCUT2D eigenvalue weighted by Crippen LogP contribution is -2.38. The third-order valence-corrected chi connectivity index (χ3v) is 11.6. The van der Waals surface area contributed by atoms with Crippen molar-refractivity contribution in [3.63, 3.8) is 0 Å². The molecular weight excluding hydrogens is 852 g/mol. The number of halogens is 7. The summed E-state index contributed by atoms with van der Waals surface area (Å²) in [6.45, 7) is -0.979. The first-order chi connectivity index (χ1) is 28.9. The minimum absolute atomic E-state index is 0.00245. The Hall–Kier alpha value is -6.28. The van der Waals surface area contributed by atoms with Gasteiger partial charge in [-0.1, -0.05) is 23.7 Å². The second-order valence-electron chi connectivity index (χ2n) is 15.0. The molecule has 1 saturated carbocycles. The van der Waals surface area contributed by atoms with Crippen LogP contribution in [0.4, 0.5) is 32.2 Å². The van der Waals surface area contributed by atoms with Crippen molar-refractivity contribution in [2.45, 2.75) is 43.7 Å². The van der Waals surface area contributed by atoms with Crippen molar-refractivity contribution in [2.75, 3.05) is 11.0 Å². The van der Waals surface area contributed by atoms with Crippen LogP contribution in [0.2, 0.25) is 5.02 Å². The van der Waals surface area contributed by atoms with Crippen LogP contribution in [-0.4, -0.2) is 54.7 Å². The van der Waals surface area contributed by atoms with Crippen LogP contribution in [0.3, 0.4) is 0 Å². The summed E-state index contributed by atoms with van der Waals surface area (Å²) in [5.41, 5.74) is -1.41. The van der Waals surface area contributed by atoms with E-state index in [9.17, 15) is 35.6 Å². The van der Waals surface area contributed by atoms with Crippen molar-refractivity contribution in [2.24, 2.45) is 13.0 Å². The average molecular weight is 882 g/mol. The molecule has 314 valence electrons. The number of benzene rings is 3. The monoisotopic (exact) mass is 881 g/mol. The summed E-state index contributed by atoms with van der Waals surface area (Å²) in [5.74, 6) is -9.00. The Morgan fingerprint density at radius 3 is 2.48 bits per heavy atom. The van der Waals surface area contributed by atoms with Gasteiger partial charge in [0.15, 0.2) is 5.82 Å². The van der Waals surface area contributed by atoms with E-state index in [0.29, 0.717) is 22.0 Å². The Bertz CT molecular complexity index is 3120. The van der Waals surface area contributed by atoms with E-state index in [1.54, 1.807) is 36.5 Å². The van der Waals surface area contributed by atoms with E-state index in [0.717, 1.165) is 23.0 Å². The predicted molar refractivity (Wildman–Crippen MR) is 211 cm³/mol. The zero-order chi connectivity index (χ0) is 43.3. The fourth-order valence-electron chi connectivity index (χ4n) is 8.27. The molecule has 0 radical (unpaired) electrons. The maximum atomic E-state index is 15.5. The van der Waals surface area contributed by atoms with E-state index in [2.05, 4.69) is 25.2 Å². The molecule has 61 heavy (non-hydrogen) atoms. The Kier molecular flexibility index (Phi) is 9.50. The van der Waals surface area contributed by atoms with Gasteiger partial charge in [0.05, 0.1) is 50.5 Å². The second-order valence-corrected chi connectivity index (χ2v) is 17.1. The number of rotatable bonds is 11. The fourth-order valence-corrected chi connectivity index (χ4v) is 9.01. The number of aromatic nitrogens is 7. The Morgan fingerprint density at radius 2 is 1.79 bits per heavy atom. The van der Waals surface area contributed by atoms with Gasteiger partial charge in [0.1, 0.15) is 35.4 Å². The smallest absolute Gasteiger partial charge is 0.293 e. The van der Waals surface area contributed by atoms with Crippen LogP contribution in [-0.2, 0) is 40.8 Å². The van der Waals surface area contributed by atoms with Gasteiger partial charge >= 0.3 is 0 Å². The summed E-state index contributed by atoms with van der Waals surface area (Å²) >= 11 is 6.62. The van der Waals surface area contributed by atoms with Crippen LogP contribution >= 0.6 is 11.6 Å². The summed E-state index contributed by atoms with van der Waals surface area (Å²) in [7, 11) is -2.45. The number of alkyl halides is 4. The summed E-state index contributed by atoms with van der Waals surface area (Å²) in [6.07, 6.45) is -1.20. The van der Waals surface area contributed by atoms with Crippen LogP contribution in [0.25, 0.3) is 38.8 Å². The zero-order valence-corrected chi connectivity index (χ0v) is 33.2. The van der Waals surface area contributed by atoms with Crippen molar-refractivity contribution in [1.82, 2.24) is 39.4 Å². The lowest BCUT2D eigenvalue weighted by molar-refractivity contribution is -0.123. The van der Waals surface area contributed by atoms with E-state index < -0.39 is 87.7 Å². The normalized spacial score (nSPS) is 17.1. The predicted octanol–water partition coefficient (Wildman–Crippen LogP) is 7.08. The molecule has 3 atom stereocenters. The fraction of sp³-hybridized carbons (Fsp3) is 0.250. The zero-order valence-electron chi connectivity index (χ0n) is 31.7. The van der Waals surface area contributed by atoms with Gasteiger partial charge in [-0.05, 0) is 66.4 Å². The molecule has 0 saturated heterocycles. The minimum Gasteiger partial charge on any atom is -0.344 e. The highest BCUT2D eigenvalue weighted by Gasteiger charge is 2.67. The Morgan fingerprint density at radius 1 is 1.03 bits per heavy atom. The number of fused-ring (bicyclic) bond motifs is 5. The van der Waals surface area contributed by atoms with Crippen LogP contribution in [0.15, 0.2) is 77.7 Å². The van der Waals surface area contributed by atoms with Crippen LogP contribution < -0.4 is 15.6 Å². The highest BCUT2D eigenvalue weighted by molar-refractivity contribution is 7.92. The minimum atomic E-state index is -3.91. The molecule has 3 aromatic carbocycles. The molecule has 0 unspecified atom stereocenters. The molecule has 0 bridgehead atoms. The molecule has 2 N–H and O–H groups in total. The van der Waals surface area contributed by atoms with Crippen molar-refractivity contribution in [1.29, 1.82) is 0 Å². The molecule has 2 aliphatic rings. The first kappa shape index (κ1) is 40.1. The molecule has 9 rings (SSSR count). The van der Waals surface area contributed by atoms with Crippen molar-refractivity contribution < 1.29 is 39.6 Å². The van der Waals surface area contributed by atoms with Crippen LogP contribution in [0.1, 0.15) is 53.1 Å². The molecule has 1 amide bonds. The molecule has 0 aliphatic heterocycles. The number of amides is 1. The van der Waals surface area contributed by atoms with Gasteiger partial charge in [-0.2, -0.15) is 19.0 Å². The third-order valence-electron chi connectivity index (χ3n) is 10.8. The highest BCUT2D eigenvalue weighted by atomic mass is 35.5. The Balaban J connectivity index is 1.26. The van der Waals surface area contributed by atoms with Gasteiger partial charge in [-0.25, -0.2) is 31.0 Å². The summed E-state index contributed by atoms with van der Waals surface area (Å²) in [6, 6.07) is 13.8. The van der Waals surface area contributed by atoms with E-state index in [1.807, 2.05) is 0 Å². The van der Waals surface area contributed by atoms with Gasteiger partial charge in [-0.3, -0.25) is 33.2 Å². The van der Waals surface area contributed by atoms with E-state index in [-0.39, 0.29) is 61.7 Å². The molecule has 4 heterocycles. The lowest BCUT2D eigenvalue weighted by atomic mass is 10.0. The molecular formula is C40H30ClF6N9O4S. The van der Waals surface area contributed by atoms with Gasteiger partial charge in [0.25, 0.3) is 17.9 Å². The molecule has 0 spiro atoms. The van der Waals surface area contributed by atoms with Gasteiger partial charge in [0.2, 0.25) is 15.9 Å². The number of hydrogen-bond acceptors (Lipinski definition) is 8. The van der Waals surface area contributed by atoms with Gasteiger partial charge in [-0.15, -0.1) is 0 Å². The number of nitrogens with one attached hydrogen (secondary N) is 2. The number of carbonyl (C=O) groups is 1. The number of carbonyl (C=O) groups excluding carboxylic acids is 1. The van der Waals surface area contributed by atoms with Gasteiger partial charge in [0, 0.05) is 42.8 Å². The topological polar surface area (TPSA) is 159 Å².